The number of carbonyl (C=O) groups excluding carboxylic acids is 2. The zero-order chi connectivity index (χ0) is 15.3. The maximum Gasteiger partial charge on any atom is 0.341 e. The average molecular weight is 298 g/mol. The van der Waals surface area contributed by atoms with Crippen molar-refractivity contribution in [2.24, 2.45) is 5.73 Å². The smallest absolute Gasteiger partial charge is 0.341 e. The van der Waals surface area contributed by atoms with Crippen LogP contribution < -0.4 is 11.1 Å². The van der Waals surface area contributed by atoms with Crippen LogP contribution in [0.1, 0.15) is 47.0 Å². The lowest BCUT2D eigenvalue weighted by Gasteiger charge is -2.11. The standard InChI is InChI=1S/C14H22N2O3S/c1-5-6-7-10(15)12(17)16-13-11(14(18)19-4)8(2)9(3)20-13/h10H,5-7,15H2,1-4H3,(H,16,17)/t10-/m0/s1. The number of nitrogens with two attached hydrogens (primary N) is 1. The molecule has 1 heterocycles. The number of amides is 1. The predicted molar refractivity (Wildman–Crippen MR) is 81.3 cm³/mol. The van der Waals surface area contributed by atoms with Gasteiger partial charge in [-0.1, -0.05) is 19.8 Å². The number of anilines is 1. The minimum atomic E-state index is -0.553. The fourth-order valence-corrected chi connectivity index (χ4v) is 2.87. The highest BCUT2D eigenvalue weighted by atomic mass is 32.1. The molecule has 0 aliphatic rings. The molecule has 3 N–H and O–H groups in total. The van der Waals surface area contributed by atoms with E-state index in [-0.39, 0.29) is 5.91 Å². The Kier molecular flexibility index (Phi) is 6.16. The van der Waals surface area contributed by atoms with Crippen LogP contribution in [0.4, 0.5) is 5.00 Å². The third-order valence-electron chi connectivity index (χ3n) is 3.22. The minimum Gasteiger partial charge on any atom is -0.465 e. The number of rotatable bonds is 6. The molecule has 0 radical (unpaired) electrons. The summed E-state index contributed by atoms with van der Waals surface area (Å²) in [6.07, 6.45) is 2.53. The van der Waals surface area contributed by atoms with Gasteiger partial charge in [0.25, 0.3) is 0 Å². The van der Waals surface area contributed by atoms with E-state index in [9.17, 15) is 9.59 Å². The molecule has 0 unspecified atom stereocenters. The highest BCUT2D eigenvalue weighted by molar-refractivity contribution is 7.16. The molecule has 6 heteroatoms. The molecular weight excluding hydrogens is 276 g/mol. The molecule has 0 aliphatic carbocycles. The van der Waals surface area contributed by atoms with Crippen molar-refractivity contribution in [1.29, 1.82) is 0 Å². The number of carbonyl (C=O) groups is 2. The summed E-state index contributed by atoms with van der Waals surface area (Å²) in [6.45, 7) is 5.79. The van der Waals surface area contributed by atoms with Gasteiger partial charge in [0, 0.05) is 4.88 Å². The number of esters is 1. The average Bonchev–Trinajstić information content (AvgIpc) is 2.70. The second-order valence-corrected chi connectivity index (χ2v) is 5.94. The Hall–Kier alpha value is -1.40. The van der Waals surface area contributed by atoms with Crippen LogP contribution in [-0.4, -0.2) is 25.0 Å². The second-order valence-electron chi connectivity index (χ2n) is 4.72. The van der Waals surface area contributed by atoms with Crippen molar-refractivity contribution in [2.75, 3.05) is 12.4 Å². The zero-order valence-corrected chi connectivity index (χ0v) is 13.2. The lowest BCUT2D eigenvalue weighted by atomic mass is 10.1. The molecule has 0 spiro atoms. The Bertz CT molecular complexity index is 497. The first kappa shape index (κ1) is 16.7. The van der Waals surface area contributed by atoms with Crippen LogP contribution in [0.25, 0.3) is 0 Å². The Labute approximate surface area is 123 Å². The van der Waals surface area contributed by atoms with Gasteiger partial charge in [-0.05, 0) is 25.8 Å². The van der Waals surface area contributed by atoms with Crippen LogP contribution in [0.2, 0.25) is 0 Å². The normalized spacial score (nSPS) is 12.1. The maximum atomic E-state index is 12.0. The number of aryl methyl sites for hydroxylation is 1. The Morgan fingerprint density at radius 3 is 2.60 bits per heavy atom. The second kappa shape index (κ2) is 7.40. The monoisotopic (exact) mass is 298 g/mol. The fourth-order valence-electron chi connectivity index (χ4n) is 1.82. The molecule has 0 saturated heterocycles. The van der Waals surface area contributed by atoms with Gasteiger partial charge < -0.3 is 15.8 Å². The highest BCUT2D eigenvalue weighted by Crippen LogP contribution is 2.33. The van der Waals surface area contributed by atoms with Crippen molar-refractivity contribution in [3.05, 3.63) is 16.0 Å². The van der Waals surface area contributed by atoms with Crippen LogP contribution in [0, 0.1) is 13.8 Å². The van der Waals surface area contributed by atoms with Crippen molar-refractivity contribution < 1.29 is 14.3 Å². The summed E-state index contributed by atoms with van der Waals surface area (Å²) < 4.78 is 4.76. The van der Waals surface area contributed by atoms with E-state index in [1.54, 1.807) is 0 Å². The first-order chi connectivity index (χ1) is 9.42. The summed E-state index contributed by atoms with van der Waals surface area (Å²) in [5.41, 5.74) is 7.09. The number of nitrogens with one attached hydrogen (secondary N) is 1. The summed E-state index contributed by atoms with van der Waals surface area (Å²) in [6, 6.07) is -0.553. The first-order valence-corrected chi connectivity index (χ1v) is 7.48. The van der Waals surface area contributed by atoms with Gasteiger partial charge in [0.2, 0.25) is 5.91 Å². The number of hydrogen-bond acceptors (Lipinski definition) is 5. The molecule has 5 nitrogen and oxygen atoms in total. The number of methoxy groups -OCH3 is 1. The van der Waals surface area contributed by atoms with E-state index in [1.807, 2.05) is 20.8 Å². The lowest BCUT2D eigenvalue weighted by Crippen LogP contribution is -2.35. The maximum absolute atomic E-state index is 12.0. The van der Waals surface area contributed by atoms with Crippen molar-refractivity contribution >= 4 is 28.2 Å². The Morgan fingerprint density at radius 1 is 1.40 bits per heavy atom. The number of thiophene rings is 1. The molecule has 1 atom stereocenters. The largest absolute Gasteiger partial charge is 0.465 e. The molecule has 1 aromatic rings. The van der Waals surface area contributed by atoms with Gasteiger partial charge in [0.1, 0.15) is 5.00 Å². The van der Waals surface area contributed by atoms with E-state index in [0.29, 0.717) is 17.0 Å². The highest BCUT2D eigenvalue weighted by Gasteiger charge is 2.23. The summed E-state index contributed by atoms with van der Waals surface area (Å²) in [7, 11) is 1.33. The summed E-state index contributed by atoms with van der Waals surface area (Å²) >= 11 is 1.37. The van der Waals surface area contributed by atoms with Gasteiger partial charge in [0.05, 0.1) is 18.7 Å². The lowest BCUT2D eigenvalue weighted by molar-refractivity contribution is -0.117. The zero-order valence-electron chi connectivity index (χ0n) is 12.4. The van der Waals surface area contributed by atoms with Gasteiger partial charge in [-0.2, -0.15) is 0 Å². The van der Waals surface area contributed by atoms with Gasteiger partial charge in [-0.15, -0.1) is 11.3 Å². The molecule has 1 amide bonds. The number of hydrogen-bond donors (Lipinski definition) is 2. The van der Waals surface area contributed by atoms with Crippen molar-refractivity contribution in [3.63, 3.8) is 0 Å². The van der Waals surface area contributed by atoms with E-state index < -0.39 is 12.0 Å². The van der Waals surface area contributed by atoms with Crippen molar-refractivity contribution in [2.45, 2.75) is 46.1 Å². The molecule has 0 aliphatic heterocycles. The molecule has 0 bridgehead atoms. The van der Waals surface area contributed by atoms with Gasteiger partial charge in [-0.25, -0.2) is 4.79 Å². The molecule has 1 rings (SSSR count). The van der Waals surface area contributed by atoms with E-state index in [4.69, 9.17) is 10.5 Å². The van der Waals surface area contributed by atoms with E-state index in [0.717, 1.165) is 23.3 Å². The predicted octanol–water partition coefficient (Wildman–Crippen LogP) is 2.61. The van der Waals surface area contributed by atoms with E-state index >= 15 is 0 Å². The third kappa shape index (κ3) is 3.80. The molecule has 0 saturated carbocycles. The van der Waals surface area contributed by atoms with Crippen LogP contribution in [-0.2, 0) is 9.53 Å². The molecular formula is C14H22N2O3S. The molecule has 0 fully saturated rings. The van der Waals surface area contributed by atoms with Crippen LogP contribution in [0.15, 0.2) is 0 Å². The number of unbranched alkanes of at least 4 members (excludes halogenated alkanes) is 1. The summed E-state index contributed by atoms with van der Waals surface area (Å²) in [4.78, 5) is 24.8. The Morgan fingerprint density at radius 2 is 2.05 bits per heavy atom. The topological polar surface area (TPSA) is 81.4 Å². The number of ether oxygens (including phenoxy) is 1. The minimum absolute atomic E-state index is 0.259. The first-order valence-electron chi connectivity index (χ1n) is 6.67. The molecule has 20 heavy (non-hydrogen) atoms. The van der Waals surface area contributed by atoms with Crippen molar-refractivity contribution in [1.82, 2.24) is 0 Å². The molecule has 0 aromatic carbocycles. The van der Waals surface area contributed by atoms with Gasteiger partial charge >= 0.3 is 5.97 Å². The quantitative estimate of drug-likeness (QED) is 0.791. The summed E-state index contributed by atoms with van der Waals surface area (Å²) in [5, 5.41) is 3.27. The Balaban J connectivity index is 2.89. The van der Waals surface area contributed by atoms with Crippen LogP contribution in [0.3, 0.4) is 0 Å². The fraction of sp³-hybridized carbons (Fsp3) is 0.571. The third-order valence-corrected chi connectivity index (χ3v) is 4.34. The van der Waals surface area contributed by atoms with Gasteiger partial charge in [-0.3, -0.25) is 4.79 Å². The van der Waals surface area contributed by atoms with Crippen molar-refractivity contribution in [3.8, 4) is 0 Å². The SMILES string of the molecule is CCCC[C@H](N)C(=O)Nc1sc(C)c(C)c1C(=O)OC. The van der Waals surface area contributed by atoms with Crippen LogP contribution >= 0.6 is 11.3 Å². The van der Waals surface area contributed by atoms with E-state index in [1.165, 1.54) is 18.4 Å². The molecule has 1 aromatic heterocycles. The van der Waals surface area contributed by atoms with E-state index in [2.05, 4.69) is 5.32 Å². The summed E-state index contributed by atoms with van der Waals surface area (Å²) in [5.74, 6) is -0.700. The van der Waals surface area contributed by atoms with Gasteiger partial charge in [0.15, 0.2) is 0 Å². The van der Waals surface area contributed by atoms with Crippen LogP contribution in [0.5, 0.6) is 0 Å². The molecule has 112 valence electrons.